The van der Waals surface area contributed by atoms with Crippen molar-refractivity contribution in [3.8, 4) is 0 Å². The number of aromatic nitrogens is 2. The van der Waals surface area contributed by atoms with Gasteiger partial charge in [-0.2, -0.15) is 0 Å². The molecule has 21 heavy (non-hydrogen) atoms. The van der Waals surface area contributed by atoms with E-state index in [2.05, 4.69) is 30.7 Å². The van der Waals surface area contributed by atoms with Crippen molar-refractivity contribution in [1.82, 2.24) is 9.97 Å². The second-order valence-electron chi connectivity index (χ2n) is 5.86. The van der Waals surface area contributed by atoms with Crippen LogP contribution in [-0.2, 0) is 15.9 Å². The molecule has 0 saturated heterocycles. The number of esters is 1. The molecule has 118 valence electrons. The smallest absolute Gasteiger partial charge is 0.341 e. The molecule has 0 saturated carbocycles. The summed E-state index contributed by atoms with van der Waals surface area (Å²) in [6, 6.07) is 0. The van der Waals surface area contributed by atoms with Gasteiger partial charge in [-0.3, -0.25) is 0 Å². The van der Waals surface area contributed by atoms with E-state index in [1.807, 2.05) is 13.8 Å². The van der Waals surface area contributed by atoms with Gasteiger partial charge < -0.3 is 9.47 Å². The third kappa shape index (κ3) is 4.49. The van der Waals surface area contributed by atoms with Crippen LogP contribution in [0.3, 0.4) is 0 Å². The lowest BCUT2D eigenvalue weighted by atomic mass is 9.88. The highest BCUT2D eigenvalue weighted by Crippen LogP contribution is 2.34. The van der Waals surface area contributed by atoms with E-state index in [1.165, 1.54) is 0 Å². The summed E-state index contributed by atoms with van der Waals surface area (Å²) < 4.78 is 10.8. The van der Waals surface area contributed by atoms with Gasteiger partial charge in [0, 0.05) is 12.8 Å². The van der Waals surface area contributed by atoms with Crippen molar-refractivity contribution in [3.63, 3.8) is 0 Å². The Hall–Kier alpha value is -1.49. The number of ether oxygens (including phenoxy) is 2. The Bertz CT molecular complexity index is 481. The number of rotatable bonds is 6. The van der Waals surface area contributed by atoms with Gasteiger partial charge in [0.2, 0.25) is 0 Å². The van der Waals surface area contributed by atoms with Gasteiger partial charge in [-0.25, -0.2) is 14.8 Å². The van der Waals surface area contributed by atoms with Crippen LogP contribution < -0.4 is 0 Å². The summed E-state index contributed by atoms with van der Waals surface area (Å²) in [5.41, 5.74) is 1.02. The molecular formula is C16H26N2O3. The molecule has 0 N–H and O–H groups in total. The average molecular weight is 294 g/mol. The molecule has 0 amide bonds. The van der Waals surface area contributed by atoms with Crippen molar-refractivity contribution >= 4 is 5.97 Å². The number of hydrogen-bond acceptors (Lipinski definition) is 5. The van der Waals surface area contributed by atoms with E-state index in [4.69, 9.17) is 9.47 Å². The first-order valence-corrected chi connectivity index (χ1v) is 7.49. The zero-order chi connectivity index (χ0) is 16.0. The zero-order valence-corrected chi connectivity index (χ0v) is 13.9. The first-order valence-electron chi connectivity index (χ1n) is 7.49. The molecule has 1 heterocycles. The molecule has 1 atom stereocenters. The number of nitrogens with zero attached hydrogens (tertiary/aromatic N) is 2. The lowest BCUT2D eigenvalue weighted by Gasteiger charge is -2.29. The van der Waals surface area contributed by atoms with Crippen LogP contribution in [0.1, 0.15) is 69.5 Å². The summed E-state index contributed by atoms with van der Waals surface area (Å²) >= 11 is 0. The highest BCUT2D eigenvalue weighted by molar-refractivity contribution is 5.90. The zero-order valence-electron chi connectivity index (χ0n) is 13.9. The number of carbonyl (C=O) groups excluding carboxylic acids is 1. The van der Waals surface area contributed by atoms with E-state index in [0.717, 1.165) is 0 Å². The molecule has 0 aliphatic rings. The van der Waals surface area contributed by atoms with Crippen molar-refractivity contribution in [1.29, 1.82) is 0 Å². The Balaban J connectivity index is 3.18. The van der Waals surface area contributed by atoms with E-state index in [-0.39, 0.29) is 17.5 Å². The van der Waals surface area contributed by atoms with Crippen molar-refractivity contribution in [2.75, 3.05) is 13.2 Å². The molecule has 1 aromatic heterocycles. The summed E-state index contributed by atoms with van der Waals surface area (Å²) in [5.74, 6) is 0.249. The summed E-state index contributed by atoms with van der Waals surface area (Å²) in [4.78, 5) is 20.8. The van der Waals surface area contributed by atoms with E-state index >= 15 is 0 Å². The first kappa shape index (κ1) is 17.6. The predicted molar refractivity (Wildman–Crippen MR) is 81.2 cm³/mol. The van der Waals surface area contributed by atoms with E-state index in [0.29, 0.717) is 36.7 Å². The molecule has 0 bridgehead atoms. The third-order valence-corrected chi connectivity index (χ3v) is 3.07. The molecule has 1 aromatic rings. The summed E-state index contributed by atoms with van der Waals surface area (Å²) in [7, 11) is 0. The molecule has 5 heteroatoms. The van der Waals surface area contributed by atoms with Crippen LogP contribution in [0.5, 0.6) is 0 Å². The summed E-state index contributed by atoms with van der Waals surface area (Å²) in [6.07, 6.45) is 1.99. The van der Waals surface area contributed by atoms with Gasteiger partial charge in [0.25, 0.3) is 0 Å². The van der Waals surface area contributed by atoms with Gasteiger partial charge in [0.15, 0.2) is 5.82 Å². The second kappa shape index (κ2) is 7.50. The van der Waals surface area contributed by atoms with Crippen molar-refractivity contribution in [2.45, 2.75) is 54.1 Å². The van der Waals surface area contributed by atoms with Crippen LogP contribution in [0.4, 0.5) is 0 Å². The normalized spacial score (nSPS) is 13.0. The maximum atomic E-state index is 11.9. The predicted octanol–water partition coefficient (Wildman–Crippen LogP) is 3.34. The Kier molecular flexibility index (Phi) is 6.27. The van der Waals surface area contributed by atoms with Crippen LogP contribution in [-0.4, -0.2) is 29.2 Å². The van der Waals surface area contributed by atoms with Crippen molar-refractivity contribution in [3.05, 3.63) is 23.3 Å². The third-order valence-electron chi connectivity index (χ3n) is 3.07. The van der Waals surface area contributed by atoms with E-state index < -0.39 is 0 Å². The van der Waals surface area contributed by atoms with Gasteiger partial charge in [0.05, 0.1) is 17.9 Å². The molecule has 1 unspecified atom stereocenters. The van der Waals surface area contributed by atoms with Crippen LogP contribution in [0.25, 0.3) is 0 Å². The quantitative estimate of drug-likeness (QED) is 0.753. The van der Waals surface area contributed by atoms with Crippen LogP contribution in [0.2, 0.25) is 0 Å². The Morgan fingerprint density at radius 1 is 1.24 bits per heavy atom. The molecule has 5 nitrogen and oxygen atoms in total. The fraction of sp³-hybridized carbons (Fsp3) is 0.688. The number of hydrogen-bond donors (Lipinski definition) is 0. The van der Waals surface area contributed by atoms with Gasteiger partial charge in [0.1, 0.15) is 6.10 Å². The van der Waals surface area contributed by atoms with Crippen molar-refractivity contribution < 1.29 is 14.3 Å². The first-order chi connectivity index (χ1) is 9.85. The maximum Gasteiger partial charge on any atom is 0.341 e. The van der Waals surface area contributed by atoms with Crippen LogP contribution >= 0.6 is 0 Å². The minimum absolute atomic E-state index is 0.119. The molecule has 1 rings (SSSR count). The monoisotopic (exact) mass is 294 g/mol. The Morgan fingerprint density at radius 3 is 2.38 bits per heavy atom. The molecule has 0 aromatic carbocycles. The SMILES string of the molecule is CCOC(=O)c1cnc(C(OCC)C(C)(C)C)nc1CC. The summed E-state index contributed by atoms with van der Waals surface area (Å²) in [5, 5.41) is 0. The molecule has 0 spiro atoms. The Labute approximate surface area is 127 Å². The standard InChI is InChI=1S/C16H26N2O3/c1-7-12-11(15(19)21-9-3)10-17-14(18-12)13(20-8-2)16(4,5)6/h10,13H,7-9H2,1-6H3. The number of aryl methyl sites for hydroxylation is 1. The lowest BCUT2D eigenvalue weighted by molar-refractivity contribution is -0.0193. The number of carbonyl (C=O) groups is 1. The van der Waals surface area contributed by atoms with Crippen LogP contribution in [0.15, 0.2) is 6.20 Å². The molecule has 0 aliphatic carbocycles. The molecule has 0 fully saturated rings. The van der Waals surface area contributed by atoms with Gasteiger partial charge in [-0.05, 0) is 25.7 Å². The van der Waals surface area contributed by atoms with Gasteiger partial charge in [-0.1, -0.05) is 27.7 Å². The molecular weight excluding hydrogens is 268 g/mol. The second-order valence-corrected chi connectivity index (χ2v) is 5.86. The average Bonchev–Trinajstić information content (AvgIpc) is 2.43. The molecule has 0 radical (unpaired) electrons. The van der Waals surface area contributed by atoms with Gasteiger partial charge >= 0.3 is 5.97 Å². The van der Waals surface area contributed by atoms with Crippen LogP contribution in [0, 0.1) is 5.41 Å². The van der Waals surface area contributed by atoms with Gasteiger partial charge in [-0.15, -0.1) is 0 Å². The van der Waals surface area contributed by atoms with E-state index in [1.54, 1.807) is 13.1 Å². The fourth-order valence-corrected chi connectivity index (χ4v) is 2.09. The minimum Gasteiger partial charge on any atom is -0.462 e. The fourth-order valence-electron chi connectivity index (χ4n) is 2.09. The minimum atomic E-state index is -0.371. The largest absolute Gasteiger partial charge is 0.462 e. The Morgan fingerprint density at radius 2 is 1.90 bits per heavy atom. The highest BCUT2D eigenvalue weighted by Gasteiger charge is 2.30. The lowest BCUT2D eigenvalue weighted by Crippen LogP contribution is -2.24. The highest BCUT2D eigenvalue weighted by atomic mass is 16.5. The van der Waals surface area contributed by atoms with Crippen molar-refractivity contribution in [2.24, 2.45) is 5.41 Å². The maximum absolute atomic E-state index is 11.9. The topological polar surface area (TPSA) is 61.3 Å². The molecule has 0 aliphatic heterocycles. The summed E-state index contributed by atoms with van der Waals surface area (Å²) in [6.45, 7) is 12.9. The van der Waals surface area contributed by atoms with E-state index in [9.17, 15) is 4.79 Å².